The molecule has 0 atom stereocenters. The molecular weight excluding hydrogens is 154 g/mol. The van der Waals surface area contributed by atoms with E-state index in [2.05, 4.69) is 6.08 Å². The molecule has 0 aromatic heterocycles. The lowest BCUT2D eigenvalue weighted by Gasteiger charge is -2.25. The Kier molecular flexibility index (Phi) is 3.14. The van der Waals surface area contributed by atoms with Gasteiger partial charge in [-0.3, -0.25) is 4.90 Å². The van der Waals surface area contributed by atoms with Crippen molar-refractivity contribution in [1.29, 1.82) is 0 Å². The van der Waals surface area contributed by atoms with Crippen LogP contribution in [0.5, 0.6) is 0 Å². The Balaban J connectivity index is 2.55. The second-order valence-corrected chi connectivity index (χ2v) is 2.84. The molecule has 1 heterocycles. The van der Waals surface area contributed by atoms with Crippen LogP contribution in [-0.4, -0.2) is 24.1 Å². The molecule has 0 N–H and O–H groups in total. The van der Waals surface area contributed by atoms with Gasteiger partial charge in [-0.05, 0) is 26.7 Å². The van der Waals surface area contributed by atoms with E-state index in [0.717, 1.165) is 25.1 Å². The smallest absolute Gasteiger partial charge is 0.413 e. The summed E-state index contributed by atoms with van der Waals surface area (Å²) in [6.07, 6.45) is 3.96. The quantitative estimate of drug-likeness (QED) is 0.602. The Bertz CT molecular complexity index is 199. The Hall–Kier alpha value is -0.990. The molecule has 0 unspecified atom stereocenters. The second kappa shape index (κ2) is 4.14. The van der Waals surface area contributed by atoms with E-state index in [4.69, 9.17) is 4.74 Å². The molecule has 1 rings (SSSR count). The van der Waals surface area contributed by atoms with Crippen molar-refractivity contribution in [3.05, 3.63) is 11.8 Å². The summed E-state index contributed by atoms with van der Waals surface area (Å²) in [6.45, 7) is 5.00. The maximum atomic E-state index is 11.3. The van der Waals surface area contributed by atoms with E-state index in [1.807, 2.05) is 13.8 Å². The molecule has 3 nitrogen and oxygen atoms in total. The third-order valence-electron chi connectivity index (χ3n) is 1.94. The van der Waals surface area contributed by atoms with Gasteiger partial charge >= 0.3 is 6.09 Å². The zero-order chi connectivity index (χ0) is 8.97. The minimum Gasteiger partial charge on any atom is -0.449 e. The topological polar surface area (TPSA) is 29.5 Å². The number of carbonyl (C=O) groups is 1. The molecule has 0 aromatic carbocycles. The van der Waals surface area contributed by atoms with Crippen LogP contribution in [-0.2, 0) is 4.74 Å². The number of hydrogen-bond donors (Lipinski definition) is 0. The Morgan fingerprint density at radius 3 is 3.08 bits per heavy atom. The fourth-order valence-corrected chi connectivity index (χ4v) is 1.28. The van der Waals surface area contributed by atoms with Gasteiger partial charge in [-0.2, -0.15) is 0 Å². The highest BCUT2D eigenvalue weighted by Gasteiger charge is 2.17. The first-order valence-corrected chi connectivity index (χ1v) is 4.36. The van der Waals surface area contributed by atoms with E-state index in [1.54, 1.807) is 4.90 Å². The second-order valence-electron chi connectivity index (χ2n) is 2.84. The fraction of sp³-hybridized carbons (Fsp3) is 0.667. The van der Waals surface area contributed by atoms with Crippen molar-refractivity contribution in [3.8, 4) is 0 Å². The number of amides is 1. The summed E-state index contributed by atoms with van der Waals surface area (Å²) < 4.78 is 4.90. The summed E-state index contributed by atoms with van der Waals surface area (Å²) >= 11 is 0. The Morgan fingerprint density at radius 2 is 2.50 bits per heavy atom. The minimum absolute atomic E-state index is 0.217. The van der Waals surface area contributed by atoms with Gasteiger partial charge in [0.1, 0.15) is 0 Å². The Morgan fingerprint density at radius 1 is 1.75 bits per heavy atom. The molecule has 0 saturated heterocycles. The highest BCUT2D eigenvalue weighted by molar-refractivity contribution is 5.70. The van der Waals surface area contributed by atoms with E-state index in [1.165, 1.54) is 0 Å². The lowest BCUT2D eigenvalue weighted by molar-refractivity contribution is 0.116. The van der Waals surface area contributed by atoms with Crippen LogP contribution in [0.4, 0.5) is 4.79 Å². The molecular formula is C9H15NO2. The SMILES string of the molecule is CCOC(=O)N1CCCC=C1C. The van der Waals surface area contributed by atoms with Crippen LogP contribution in [0.2, 0.25) is 0 Å². The number of nitrogens with zero attached hydrogens (tertiary/aromatic N) is 1. The van der Waals surface area contributed by atoms with Crippen molar-refractivity contribution in [3.63, 3.8) is 0 Å². The molecule has 0 aromatic rings. The highest BCUT2D eigenvalue weighted by Crippen LogP contribution is 2.14. The number of allylic oxidation sites excluding steroid dienone is 2. The molecule has 0 bridgehead atoms. The third-order valence-corrected chi connectivity index (χ3v) is 1.94. The van der Waals surface area contributed by atoms with Gasteiger partial charge < -0.3 is 4.74 Å². The van der Waals surface area contributed by atoms with Crippen molar-refractivity contribution < 1.29 is 9.53 Å². The van der Waals surface area contributed by atoms with Gasteiger partial charge in [0.15, 0.2) is 0 Å². The zero-order valence-electron chi connectivity index (χ0n) is 7.67. The number of hydrogen-bond acceptors (Lipinski definition) is 2. The maximum Gasteiger partial charge on any atom is 0.413 e. The van der Waals surface area contributed by atoms with Gasteiger partial charge in [-0.25, -0.2) is 4.79 Å². The van der Waals surface area contributed by atoms with Crippen molar-refractivity contribution in [2.45, 2.75) is 26.7 Å². The summed E-state index contributed by atoms with van der Waals surface area (Å²) in [7, 11) is 0. The number of rotatable bonds is 1. The maximum absolute atomic E-state index is 11.3. The first-order chi connectivity index (χ1) is 5.75. The summed E-state index contributed by atoms with van der Waals surface area (Å²) in [4.78, 5) is 13.0. The van der Waals surface area contributed by atoms with Crippen molar-refractivity contribution >= 4 is 6.09 Å². The monoisotopic (exact) mass is 169 g/mol. The number of ether oxygens (including phenoxy) is 1. The third kappa shape index (κ3) is 2.00. The first kappa shape index (κ1) is 9.10. The van der Waals surface area contributed by atoms with Crippen LogP contribution in [0.1, 0.15) is 26.7 Å². The predicted octanol–water partition coefficient (Wildman–Crippen LogP) is 2.14. The summed E-state index contributed by atoms with van der Waals surface area (Å²) in [5, 5.41) is 0. The average Bonchev–Trinajstić information content (AvgIpc) is 2.05. The van der Waals surface area contributed by atoms with E-state index in [-0.39, 0.29) is 6.09 Å². The lowest BCUT2D eigenvalue weighted by Crippen LogP contribution is -2.32. The molecule has 1 aliphatic heterocycles. The molecule has 0 fully saturated rings. The van der Waals surface area contributed by atoms with Gasteiger partial charge in [0.05, 0.1) is 6.61 Å². The molecule has 0 spiro atoms. The minimum atomic E-state index is -0.217. The Labute approximate surface area is 73.0 Å². The van der Waals surface area contributed by atoms with Crippen LogP contribution in [0.3, 0.4) is 0 Å². The standard InChI is InChI=1S/C9H15NO2/c1-3-12-9(11)10-7-5-4-6-8(10)2/h6H,3-5,7H2,1-2H3. The van der Waals surface area contributed by atoms with Gasteiger partial charge in [0, 0.05) is 12.2 Å². The average molecular weight is 169 g/mol. The van der Waals surface area contributed by atoms with Crippen LogP contribution < -0.4 is 0 Å². The van der Waals surface area contributed by atoms with Gasteiger partial charge in [0.25, 0.3) is 0 Å². The molecule has 3 heteroatoms. The highest BCUT2D eigenvalue weighted by atomic mass is 16.6. The molecule has 0 saturated carbocycles. The van der Waals surface area contributed by atoms with Crippen LogP contribution >= 0.6 is 0 Å². The van der Waals surface area contributed by atoms with Crippen molar-refractivity contribution in [2.75, 3.05) is 13.2 Å². The molecule has 1 amide bonds. The largest absolute Gasteiger partial charge is 0.449 e. The van der Waals surface area contributed by atoms with Crippen LogP contribution in [0.25, 0.3) is 0 Å². The predicted molar refractivity (Wildman–Crippen MR) is 46.7 cm³/mol. The summed E-state index contributed by atoms with van der Waals surface area (Å²) in [5.41, 5.74) is 1.01. The molecule has 68 valence electrons. The molecule has 12 heavy (non-hydrogen) atoms. The molecule has 0 aliphatic carbocycles. The lowest BCUT2D eigenvalue weighted by atomic mass is 10.2. The van der Waals surface area contributed by atoms with Crippen LogP contribution in [0.15, 0.2) is 11.8 Å². The summed E-state index contributed by atoms with van der Waals surface area (Å²) in [5.74, 6) is 0. The summed E-state index contributed by atoms with van der Waals surface area (Å²) in [6, 6.07) is 0. The van der Waals surface area contributed by atoms with Crippen LogP contribution in [0, 0.1) is 0 Å². The molecule has 0 radical (unpaired) electrons. The van der Waals surface area contributed by atoms with Crippen molar-refractivity contribution in [2.24, 2.45) is 0 Å². The van der Waals surface area contributed by atoms with E-state index in [0.29, 0.717) is 6.61 Å². The van der Waals surface area contributed by atoms with Gasteiger partial charge in [-0.15, -0.1) is 0 Å². The van der Waals surface area contributed by atoms with Gasteiger partial charge in [0.2, 0.25) is 0 Å². The fourth-order valence-electron chi connectivity index (χ4n) is 1.28. The zero-order valence-corrected chi connectivity index (χ0v) is 7.67. The van der Waals surface area contributed by atoms with Gasteiger partial charge in [-0.1, -0.05) is 6.08 Å². The van der Waals surface area contributed by atoms with E-state index < -0.39 is 0 Å². The number of carbonyl (C=O) groups excluding carboxylic acids is 1. The van der Waals surface area contributed by atoms with E-state index >= 15 is 0 Å². The van der Waals surface area contributed by atoms with Crippen molar-refractivity contribution in [1.82, 2.24) is 4.90 Å². The normalized spacial score (nSPS) is 17.2. The molecule has 1 aliphatic rings. The first-order valence-electron chi connectivity index (χ1n) is 4.36. The van der Waals surface area contributed by atoms with E-state index in [9.17, 15) is 4.79 Å².